The van der Waals surface area contributed by atoms with Gasteiger partial charge < -0.3 is 14.6 Å². The monoisotopic (exact) mass is 404 g/mol. The van der Waals surface area contributed by atoms with Gasteiger partial charge in [-0.1, -0.05) is 26.0 Å². The summed E-state index contributed by atoms with van der Waals surface area (Å²) in [5.41, 5.74) is 1.92. The number of esters is 1. The molecule has 4 rings (SSSR count). The van der Waals surface area contributed by atoms with Crippen LogP contribution in [0.15, 0.2) is 12.2 Å². The second kappa shape index (κ2) is 7.09. The van der Waals surface area contributed by atoms with E-state index >= 15 is 0 Å². The van der Waals surface area contributed by atoms with E-state index in [4.69, 9.17) is 9.47 Å². The molecule has 0 aromatic heterocycles. The van der Waals surface area contributed by atoms with E-state index in [1.165, 1.54) is 31.8 Å². The van der Waals surface area contributed by atoms with E-state index in [1.54, 1.807) is 13.8 Å². The zero-order valence-electron chi connectivity index (χ0n) is 19.0. The van der Waals surface area contributed by atoms with E-state index < -0.39 is 5.79 Å². The van der Waals surface area contributed by atoms with Gasteiger partial charge >= 0.3 is 5.97 Å². The van der Waals surface area contributed by atoms with Crippen LogP contribution in [0.2, 0.25) is 0 Å². The predicted molar refractivity (Wildman–Crippen MR) is 113 cm³/mol. The molecule has 0 aromatic rings. The summed E-state index contributed by atoms with van der Waals surface area (Å²) in [6.45, 7) is 14.4. The Morgan fingerprint density at radius 3 is 2.52 bits per heavy atom. The average molecular weight is 405 g/mol. The molecule has 0 aromatic carbocycles. The standard InChI is InChI=1S/C25H40O4/c1-15-7-8-19-22-20(10-12-24(15,19)5)25(6)11-9-18(28-16(2)26)13-17(25)14-21(22)29-23(3,4)27/h17-22,27H,1,7-14H2,2-6H3/t17?,18-,19?,20?,21-,22-,24+,25-/m0/s1. The first-order valence-electron chi connectivity index (χ1n) is 11.7. The molecule has 1 N–H and O–H groups in total. The quantitative estimate of drug-likeness (QED) is 0.397. The summed E-state index contributed by atoms with van der Waals surface area (Å²) in [6, 6.07) is 0. The molecule has 4 saturated carbocycles. The van der Waals surface area contributed by atoms with Crippen LogP contribution in [0.4, 0.5) is 0 Å². The molecule has 3 unspecified atom stereocenters. The molecule has 4 nitrogen and oxygen atoms in total. The van der Waals surface area contributed by atoms with Crippen molar-refractivity contribution >= 4 is 5.97 Å². The van der Waals surface area contributed by atoms with Gasteiger partial charge in [0.15, 0.2) is 5.79 Å². The lowest BCUT2D eigenvalue weighted by molar-refractivity contribution is -0.264. The number of hydrogen-bond acceptors (Lipinski definition) is 4. The highest BCUT2D eigenvalue weighted by Gasteiger charge is 2.62. The summed E-state index contributed by atoms with van der Waals surface area (Å²) < 4.78 is 12.0. The Kier molecular flexibility index (Phi) is 5.22. The molecule has 4 fully saturated rings. The summed E-state index contributed by atoms with van der Waals surface area (Å²) in [4.78, 5) is 11.5. The van der Waals surface area contributed by atoms with Gasteiger partial charge in [-0.15, -0.1) is 0 Å². The molecule has 0 amide bonds. The molecule has 0 heterocycles. The van der Waals surface area contributed by atoms with Crippen molar-refractivity contribution in [2.75, 3.05) is 0 Å². The fourth-order valence-electron chi connectivity index (χ4n) is 7.90. The maximum atomic E-state index is 11.5. The van der Waals surface area contributed by atoms with Crippen molar-refractivity contribution in [3.8, 4) is 0 Å². The lowest BCUT2D eigenvalue weighted by Gasteiger charge is -2.62. The number of hydrogen-bond donors (Lipinski definition) is 1. The molecule has 8 atom stereocenters. The third-order valence-corrected chi connectivity index (χ3v) is 9.34. The predicted octanol–water partition coefficient (Wildman–Crippen LogP) is 5.24. The highest BCUT2D eigenvalue weighted by molar-refractivity contribution is 5.66. The lowest BCUT2D eigenvalue weighted by Crippen LogP contribution is -2.59. The van der Waals surface area contributed by atoms with Crippen molar-refractivity contribution in [1.29, 1.82) is 0 Å². The van der Waals surface area contributed by atoms with E-state index in [0.717, 1.165) is 32.1 Å². The van der Waals surface area contributed by atoms with Crippen LogP contribution in [0.5, 0.6) is 0 Å². The fraction of sp³-hybridized carbons (Fsp3) is 0.880. The van der Waals surface area contributed by atoms with Crippen LogP contribution in [0.25, 0.3) is 0 Å². The van der Waals surface area contributed by atoms with Gasteiger partial charge in [-0.25, -0.2) is 0 Å². The Balaban J connectivity index is 1.66. The molecule has 4 aliphatic carbocycles. The lowest BCUT2D eigenvalue weighted by atomic mass is 9.44. The molecule has 0 aliphatic heterocycles. The van der Waals surface area contributed by atoms with Crippen molar-refractivity contribution in [1.82, 2.24) is 0 Å². The molecule has 0 saturated heterocycles. The molecule has 4 heteroatoms. The van der Waals surface area contributed by atoms with Gasteiger partial charge in [0.05, 0.1) is 6.10 Å². The maximum absolute atomic E-state index is 11.5. The molecule has 164 valence electrons. The van der Waals surface area contributed by atoms with Crippen molar-refractivity contribution in [2.45, 2.75) is 104 Å². The normalized spacial score (nSPS) is 47.2. The maximum Gasteiger partial charge on any atom is 0.302 e. The summed E-state index contributed by atoms with van der Waals surface area (Å²) in [5, 5.41) is 10.5. The Morgan fingerprint density at radius 1 is 1.14 bits per heavy atom. The SMILES string of the molecule is C=C1CCC2[C@H]3C(CC[C@]12C)[C@@]1(C)CC[C@H](OC(C)=O)CC1C[C@@H]3OC(C)(C)O. The summed E-state index contributed by atoms with van der Waals surface area (Å²) >= 11 is 0. The average Bonchev–Trinajstić information content (AvgIpc) is 2.89. The fourth-order valence-corrected chi connectivity index (χ4v) is 7.90. The topological polar surface area (TPSA) is 55.8 Å². The van der Waals surface area contributed by atoms with Crippen LogP contribution < -0.4 is 0 Å². The molecule has 0 spiro atoms. The van der Waals surface area contributed by atoms with Gasteiger partial charge in [-0.2, -0.15) is 0 Å². The molecule has 4 aliphatic rings. The Bertz CT molecular complexity index is 679. The van der Waals surface area contributed by atoms with Crippen molar-refractivity contribution in [3.05, 3.63) is 12.2 Å². The zero-order valence-corrected chi connectivity index (χ0v) is 19.0. The number of rotatable bonds is 3. The number of aliphatic hydroxyl groups is 1. The Hall–Kier alpha value is -0.870. The molecule has 29 heavy (non-hydrogen) atoms. The van der Waals surface area contributed by atoms with Crippen LogP contribution in [0.3, 0.4) is 0 Å². The van der Waals surface area contributed by atoms with Gasteiger partial charge in [0.1, 0.15) is 6.10 Å². The summed E-state index contributed by atoms with van der Waals surface area (Å²) in [6.07, 6.45) is 8.86. The van der Waals surface area contributed by atoms with E-state index in [2.05, 4.69) is 20.4 Å². The minimum atomic E-state index is -1.13. The third-order valence-electron chi connectivity index (χ3n) is 9.34. The third kappa shape index (κ3) is 3.59. The summed E-state index contributed by atoms with van der Waals surface area (Å²) in [7, 11) is 0. The number of carbonyl (C=O) groups is 1. The first-order chi connectivity index (χ1) is 13.4. The minimum Gasteiger partial charge on any atom is -0.463 e. The van der Waals surface area contributed by atoms with Crippen molar-refractivity contribution < 1.29 is 19.4 Å². The van der Waals surface area contributed by atoms with E-state index in [0.29, 0.717) is 23.7 Å². The van der Waals surface area contributed by atoms with Crippen molar-refractivity contribution in [3.63, 3.8) is 0 Å². The minimum absolute atomic E-state index is 0.0324. The van der Waals surface area contributed by atoms with Gasteiger partial charge in [0, 0.05) is 6.92 Å². The van der Waals surface area contributed by atoms with E-state index in [-0.39, 0.29) is 29.0 Å². The van der Waals surface area contributed by atoms with Crippen molar-refractivity contribution in [2.24, 2.45) is 34.5 Å². The van der Waals surface area contributed by atoms with Crippen LogP contribution in [0, 0.1) is 34.5 Å². The van der Waals surface area contributed by atoms with Crippen LogP contribution in [-0.2, 0) is 14.3 Å². The van der Waals surface area contributed by atoms with E-state index in [9.17, 15) is 9.90 Å². The molecule has 0 radical (unpaired) electrons. The first kappa shape index (κ1) is 21.4. The highest BCUT2D eigenvalue weighted by atomic mass is 16.6. The zero-order chi connectivity index (χ0) is 21.2. The van der Waals surface area contributed by atoms with Gasteiger partial charge in [-0.05, 0) is 99.7 Å². The first-order valence-corrected chi connectivity index (χ1v) is 11.7. The number of ether oxygens (including phenoxy) is 2. The second-order valence-electron chi connectivity index (χ2n) is 11.4. The summed E-state index contributed by atoms with van der Waals surface area (Å²) in [5.74, 6) is 0.862. The smallest absolute Gasteiger partial charge is 0.302 e. The Morgan fingerprint density at radius 2 is 1.86 bits per heavy atom. The highest BCUT2D eigenvalue weighted by Crippen LogP contribution is 2.67. The molecule has 0 bridgehead atoms. The van der Waals surface area contributed by atoms with Crippen LogP contribution in [0.1, 0.15) is 86.0 Å². The number of allylic oxidation sites excluding steroid dienone is 1. The Labute approximate surface area is 176 Å². The van der Waals surface area contributed by atoms with Crippen LogP contribution in [-0.4, -0.2) is 29.1 Å². The van der Waals surface area contributed by atoms with Gasteiger partial charge in [0.2, 0.25) is 0 Å². The van der Waals surface area contributed by atoms with E-state index in [1.807, 2.05) is 0 Å². The molecular formula is C25H40O4. The number of carbonyl (C=O) groups excluding carboxylic acids is 1. The molecular weight excluding hydrogens is 364 g/mol. The van der Waals surface area contributed by atoms with Gasteiger partial charge in [0.25, 0.3) is 0 Å². The largest absolute Gasteiger partial charge is 0.463 e. The second-order valence-corrected chi connectivity index (χ2v) is 11.4. The van der Waals surface area contributed by atoms with Crippen LogP contribution >= 0.6 is 0 Å². The van der Waals surface area contributed by atoms with Gasteiger partial charge in [-0.3, -0.25) is 4.79 Å². The number of fused-ring (bicyclic) bond motifs is 5.